The van der Waals surface area contributed by atoms with Crippen LogP contribution < -0.4 is 5.19 Å². The summed E-state index contributed by atoms with van der Waals surface area (Å²) in [5, 5.41) is 3.10. The van der Waals surface area contributed by atoms with Crippen LogP contribution in [0.3, 0.4) is 0 Å². The molecule has 3 aromatic carbocycles. The fraction of sp³-hybridized carbons (Fsp3) is 0.243. The Balaban J connectivity index is 0.000000335. The van der Waals surface area contributed by atoms with Crippen molar-refractivity contribution in [2.45, 2.75) is 53.6 Å². The molecule has 217 valence electrons. The molecule has 0 fully saturated rings. The van der Waals surface area contributed by atoms with Crippen molar-refractivity contribution in [3.8, 4) is 22.5 Å². The average molecular weight is 755 g/mol. The van der Waals surface area contributed by atoms with Gasteiger partial charge in [0.2, 0.25) is 0 Å². The Hall–Kier alpha value is -3.37. The quantitative estimate of drug-likeness (QED) is 0.130. The van der Waals surface area contributed by atoms with Gasteiger partial charge in [0.25, 0.3) is 0 Å². The fourth-order valence-corrected chi connectivity index (χ4v) is 6.26. The second kappa shape index (κ2) is 13.3. The first-order valence-corrected chi connectivity index (χ1v) is 17.0. The molecule has 0 bridgehead atoms. The van der Waals surface area contributed by atoms with Gasteiger partial charge in [-0.15, -0.1) is 53.2 Å². The SMILES string of the molecule is Cc1ccnc(-c2[c-]cccc2)c1.[2H]C([2H])([2H])C(C([2H])([2H])[2H])C([2H])([2H])c1cc(-c2[c-]cc([Si](C)(C)C)c3c2oc2ccccc23)ncc1C.[Ir]. The smallest absolute Gasteiger partial charge is 0.120 e. The number of pyridine rings is 2. The second-order valence-corrected chi connectivity index (χ2v) is 16.1. The number of hydrogen-bond donors (Lipinski definition) is 0. The molecule has 0 amide bonds. The van der Waals surface area contributed by atoms with E-state index in [1.54, 1.807) is 6.92 Å². The number of para-hydroxylation sites is 1. The molecule has 0 aliphatic rings. The summed E-state index contributed by atoms with van der Waals surface area (Å²) >= 11 is 0. The zero-order chi connectivity index (χ0) is 35.9. The van der Waals surface area contributed by atoms with E-state index >= 15 is 0 Å². The van der Waals surface area contributed by atoms with Gasteiger partial charge in [-0.3, -0.25) is 0 Å². The van der Waals surface area contributed by atoms with Gasteiger partial charge in [0.15, 0.2) is 0 Å². The molecule has 6 rings (SSSR count). The van der Waals surface area contributed by atoms with Crippen molar-refractivity contribution in [2.24, 2.45) is 5.92 Å². The van der Waals surface area contributed by atoms with Crippen molar-refractivity contribution in [1.82, 2.24) is 9.97 Å². The van der Waals surface area contributed by atoms with Crippen LogP contribution in [0, 0.1) is 31.9 Å². The van der Waals surface area contributed by atoms with E-state index in [1.807, 2.05) is 66.9 Å². The molecule has 5 heteroatoms. The Kier molecular flexibility index (Phi) is 7.03. The van der Waals surface area contributed by atoms with Gasteiger partial charge in [-0.25, -0.2) is 0 Å². The van der Waals surface area contributed by atoms with Gasteiger partial charge in [-0.1, -0.05) is 85.8 Å². The minimum atomic E-state index is -3.04. The predicted molar refractivity (Wildman–Crippen MR) is 175 cm³/mol. The molecule has 42 heavy (non-hydrogen) atoms. The van der Waals surface area contributed by atoms with E-state index in [1.165, 1.54) is 23.0 Å². The average Bonchev–Trinajstić information content (AvgIpc) is 3.39. The van der Waals surface area contributed by atoms with Crippen molar-refractivity contribution in [3.63, 3.8) is 0 Å². The Morgan fingerprint density at radius 1 is 0.952 bits per heavy atom. The van der Waals surface area contributed by atoms with E-state index < -0.39 is 34.1 Å². The van der Waals surface area contributed by atoms with Crippen molar-refractivity contribution < 1.29 is 35.5 Å². The topological polar surface area (TPSA) is 38.9 Å². The summed E-state index contributed by atoms with van der Waals surface area (Å²) < 4.78 is 70.4. The molecular formula is C37H38IrN2OSi-2. The largest absolute Gasteiger partial charge is 0.501 e. The number of hydrogen-bond acceptors (Lipinski definition) is 3. The van der Waals surface area contributed by atoms with Crippen molar-refractivity contribution >= 4 is 35.2 Å². The van der Waals surface area contributed by atoms with Crippen LogP contribution in [0.5, 0.6) is 0 Å². The third-order valence-electron chi connectivity index (χ3n) is 6.82. The maximum Gasteiger partial charge on any atom is 0.120 e. The molecular weight excluding hydrogens is 709 g/mol. The van der Waals surface area contributed by atoms with Gasteiger partial charge < -0.3 is 14.4 Å². The predicted octanol–water partition coefficient (Wildman–Crippen LogP) is 9.36. The number of aryl methyl sites for hydroxylation is 2. The Labute approximate surface area is 276 Å². The van der Waals surface area contributed by atoms with Gasteiger partial charge in [0.1, 0.15) is 5.58 Å². The molecule has 0 aliphatic heterocycles. The van der Waals surface area contributed by atoms with E-state index in [9.17, 15) is 0 Å². The summed E-state index contributed by atoms with van der Waals surface area (Å²) in [5.41, 5.74) is 5.72. The third-order valence-corrected chi connectivity index (χ3v) is 8.83. The van der Waals surface area contributed by atoms with Crippen LogP contribution in [-0.2, 0) is 26.5 Å². The normalized spacial score (nSPS) is 15.1. The van der Waals surface area contributed by atoms with Gasteiger partial charge in [0.05, 0.1) is 5.58 Å². The molecule has 0 aliphatic carbocycles. The van der Waals surface area contributed by atoms with E-state index in [4.69, 9.17) is 15.4 Å². The Morgan fingerprint density at radius 3 is 2.45 bits per heavy atom. The zero-order valence-electron chi connectivity index (χ0n) is 32.3. The number of fused-ring (bicyclic) bond motifs is 3. The molecule has 0 N–H and O–H groups in total. The molecule has 0 saturated heterocycles. The molecule has 0 spiro atoms. The Morgan fingerprint density at radius 2 is 1.74 bits per heavy atom. The van der Waals surface area contributed by atoms with Crippen molar-refractivity contribution in [1.29, 1.82) is 0 Å². The number of aromatic nitrogens is 2. The van der Waals surface area contributed by atoms with Crippen LogP contribution >= 0.6 is 0 Å². The number of nitrogens with zero attached hydrogens (tertiary/aromatic N) is 2. The fourth-order valence-electron chi connectivity index (χ4n) is 4.76. The molecule has 3 aromatic heterocycles. The molecule has 0 unspecified atom stereocenters. The summed E-state index contributed by atoms with van der Waals surface area (Å²) in [6.07, 6.45) is 0.586. The van der Waals surface area contributed by atoms with Crippen LogP contribution in [-0.4, -0.2) is 18.0 Å². The van der Waals surface area contributed by atoms with Crippen LogP contribution in [0.4, 0.5) is 0 Å². The first-order valence-electron chi connectivity index (χ1n) is 17.5. The second-order valence-electron chi connectivity index (χ2n) is 11.1. The van der Waals surface area contributed by atoms with Crippen LogP contribution in [0.15, 0.2) is 89.6 Å². The minimum Gasteiger partial charge on any atom is -0.501 e. The van der Waals surface area contributed by atoms with E-state index in [-0.39, 0.29) is 25.7 Å². The summed E-state index contributed by atoms with van der Waals surface area (Å²) in [6.45, 7) is 4.28. The maximum absolute atomic E-state index is 8.69. The monoisotopic (exact) mass is 755 g/mol. The van der Waals surface area contributed by atoms with Gasteiger partial charge >= 0.3 is 0 Å². The van der Waals surface area contributed by atoms with E-state index in [0.717, 1.165) is 22.0 Å². The maximum atomic E-state index is 8.69. The van der Waals surface area contributed by atoms with Gasteiger partial charge in [-0.2, -0.15) is 0 Å². The summed E-state index contributed by atoms with van der Waals surface area (Å²) in [5.74, 6) is -2.21. The molecule has 3 heterocycles. The first kappa shape index (κ1) is 22.2. The molecule has 1 radical (unpaired) electrons. The molecule has 0 atom stereocenters. The molecule has 3 nitrogen and oxygen atoms in total. The van der Waals surface area contributed by atoms with Crippen molar-refractivity contribution in [3.05, 3.63) is 114 Å². The molecule has 6 aromatic rings. The van der Waals surface area contributed by atoms with E-state index in [0.29, 0.717) is 28.0 Å². The number of benzene rings is 3. The van der Waals surface area contributed by atoms with Crippen LogP contribution in [0.1, 0.15) is 41.4 Å². The minimum absolute atomic E-state index is 0. The first-order chi connectivity index (χ1) is 22.8. The zero-order valence-corrected chi connectivity index (χ0v) is 27.7. The standard InChI is InChI=1S/C25H28NOSi.C12H10N.Ir/c1-16(2)13-18-14-21(26-15-17(18)3)19-11-12-23(28(4,5)6)24-20-9-7-8-10-22(20)27-25(19)24;1-10-7-8-13-12(9-10)11-5-3-2-4-6-11;/h7-10,12,14-16H,13H2,1-6H3;2-5,7-9H,1H3;/q2*-1;/i1D3,2D3,13D2;;. The van der Waals surface area contributed by atoms with Crippen LogP contribution in [0.2, 0.25) is 19.6 Å². The molecule has 0 saturated carbocycles. The number of rotatable bonds is 5. The van der Waals surface area contributed by atoms with Crippen LogP contribution in [0.25, 0.3) is 44.5 Å². The van der Waals surface area contributed by atoms with E-state index in [2.05, 4.69) is 54.7 Å². The third kappa shape index (κ3) is 6.98. The summed E-state index contributed by atoms with van der Waals surface area (Å²) in [7, 11) is -1.81. The summed E-state index contributed by atoms with van der Waals surface area (Å²) in [4.78, 5) is 8.77. The van der Waals surface area contributed by atoms with Gasteiger partial charge in [0, 0.05) is 56.9 Å². The number of furan rings is 1. The van der Waals surface area contributed by atoms with Gasteiger partial charge in [-0.05, 0) is 55.2 Å². The van der Waals surface area contributed by atoms with Crippen molar-refractivity contribution in [2.75, 3.05) is 0 Å². The summed E-state index contributed by atoms with van der Waals surface area (Å²) in [6, 6.07) is 29.5. The Bertz CT molecular complexity index is 2090.